The highest BCUT2D eigenvalue weighted by molar-refractivity contribution is 4.84. The van der Waals surface area contributed by atoms with E-state index < -0.39 is 0 Å². The summed E-state index contributed by atoms with van der Waals surface area (Å²) < 4.78 is 0. The molecule has 0 aliphatic rings. The molecular formula is C6H11N. The smallest absolute Gasteiger partial charge is 0.0502 e. The van der Waals surface area contributed by atoms with Crippen LogP contribution < -0.4 is 5.73 Å². The minimum absolute atomic E-state index is 0.165. The highest BCUT2D eigenvalue weighted by atomic mass is 14.5. The predicted molar refractivity (Wildman–Crippen MR) is 31.0 cm³/mol. The first-order valence-electron chi connectivity index (χ1n) is 2.55. The molecule has 0 aromatic heterocycles. The molecule has 0 saturated carbocycles. The molecule has 0 aromatic rings. The molecule has 0 rings (SSSR count). The van der Waals surface area contributed by atoms with E-state index in [1.165, 1.54) is 0 Å². The lowest BCUT2D eigenvalue weighted by Gasteiger charge is -1.88. The van der Waals surface area contributed by atoms with Gasteiger partial charge in [-0.05, 0) is 5.92 Å². The zero-order valence-corrected chi connectivity index (χ0v) is 4.89. The second kappa shape index (κ2) is 3.88. The largest absolute Gasteiger partial charge is 0.140 e. The van der Waals surface area contributed by atoms with E-state index in [0.29, 0.717) is 5.92 Å². The van der Waals surface area contributed by atoms with Crippen LogP contribution in [0.2, 0.25) is 0 Å². The molecule has 0 amide bonds. The highest BCUT2D eigenvalue weighted by Crippen LogP contribution is 1.90. The van der Waals surface area contributed by atoms with Crippen LogP contribution in [0, 0.1) is 5.92 Å². The molecule has 0 aliphatic heterocycles. The molecule has 7 heavy (non-hydrogen) atoms. The molecule has 0 bridgehead atoms. The van der Waals surface area contributed by atoms with Crippen molar-refractivity contribution in [1.82, 2.24) is 5.73 Å². The summed E-state index contributed by atoms with van der Waals surface area (Å²) in [4.78, 5) is 0. The molecular weight excluding hydrogens is 86.1 g/mol. The van der Waals surface area contributed by atoms with Gasteiger partial charge in [0, 0.05) is 0 Å². The fourth-order valence-electron chi connectivity index (χ4n) is 0.333. The molecule has 0 heterocycles. The number of allylic oxidation sites excluding steroid dienone is 1. The molecule has 0 fully saturated rings. The Morgan fingerprint density at radius 2 is 2.14 bits per heavy atom. The Balaban J connectivity index is 3.08. The van der Waals surface area contributed by atoms with Crippen LogP contribution in [0.5, 0.6) is 0 Å². The molecule has 0 N–H and O–H groups in total. The summed E-state index contributed by atoms with van der Waals surface area (Å²) in [6, 6.07) is 0. The van der Waals surface area contributed by atoms with Crippen molar-refractivity contribution in [3.05, 3.63) is 12.2 Å². The fourth-order valence-corrected chi connectivity index (χ4v) is 0.333. The van der Waals surface area contributed by atoms with Gasteiger partial charge in [0.2, 0.25) is 0 Å². The Labute approximate surface area is 45.2 Å². The molecule has 40 valence electrons. The van der Waals surface area contributed by atoms with Crippen molar-refractivity contribution in [2.45, 2.75) is 13.8 Å². The van der Waals surface area contributed by atoms with Crippen molar-refractivity contribution >= 4 is 0 Å². The van der Waals surface area contributed by atoms with Gasteiger partial charge in [0.25, 0.3) is 0 Å². The van der Waals surface area contributed by atoms with Crippen molar-refractivity contribution in [3.8, 4) is 0 Å². The summed E-state index contributed by atoms with van der Waals surface area (Å²) in [6.45, 7) is 4.32. The molecule has 1 heteroatoms. The average molecular weight is 97.2 g/mol. The van der Waals surface area contributed by atoms with Crippen LogP contribution in [-0.2, 0) is 0 Å². The first kappa shape index (κ1) is 6.70. The lowest BCUT2D eigenvalue weighted by molar-refractivity contribution is 0.827. The Morgan fingerprint density at radius 3 is 2.29 bits per heavy atom. The molecule has 2 radical (unpaired) electrons. The van der Waals surface area contributed by atoms with Gasteiger partial charge in [-0.15, -0.1) is 5.73 Å². The monoisotopic (exact) mass is 97.1 g/mol. The Kier molecular flexibility index (Phi) is 3.71. The van der Waals surface area contributed by atoms with Crippen LogP contribution in [0.3, 0.4) is 0 Å². The second-order valence-electron chi connectivity index (χ2n) is 1.85. The van der Waals surface area contributed by atoms with Crippen LogP contribution in [0.1, 0.15) is 13.8 Å². The Bertz CT molecular complexity index is 55.2. The number of hydrogen-bond donors (Lipinski definition) is 0. The minimum atomic E-state index is 0.165. The van der Waals surface area contributed by atoms with Gasteiger partial charge in [0.05, 0.1) is 6.54 Å². The van der Waals surface area contributed by atoms with E-state index in [1.54, 1.807) is 6.08 Å². The van der Waals surface area contributed by atoms with Crippen LogP contribution >= 0.6 is 0 Å². The van der Waals surface area contributed by atoms with Gasteiger partial charge in [-0.25, -0.2) is 0 Å². The van der Waals surface area contributed by atoms with Gasteiger partial charge in [0.1, 0.15) is 0 Å². The topological polar surface area (TPSA) is 22.3 Å². The van der Waals surface area contributed by atoms with Crippen molar-refractivity contribution in [2.75, 3.05) is 6.54 Å². The molecule has 0 saturated heterocycles. The fraction of sp³-hybridized carbons (Fsp3) is 0.667. The first-order chi connectivity index (χ1) is 3.27. The normalized spacial score (nSPS) is 11.4. The number of hydrogen-bond acceptors (Lipinski definition) is 0. The van der Waals surface area contributed by atoms with Gasteiger partial charge in [-0.2, -0.15) is 0 Å². The van der Waals surface area contributed by atoms with E-state index in [1.807, 2.05) is 6.08 Å². The van der Waals surface area contributed by atoms with Crippen LogP contribution in [-0.4, -0.2) is 6.54 Å². The second-order valence-corrected chi connectivity index (χ2v) is 1.85. The summed E-state index contributed by atoms with van der Waals surface area (Å²) in [5.41, 5.74) is 8.23. The number of nitrogens with zero attached hydrogens (tertiary/aromatic N) is 1. The van der Waals surface area contributed by atoms with E-state index in [-0.39, 0.29) is 6.54 Å². The Hall–Kier alpha value is -0.300. The maximum absolute atomic E-state index is 8.23. The summed E-state index contributed by atoms with van der Waals surface area (Å²) in [5, 5.41) is 0. The maximum Gasteiger partial charge on any atom is 0.0502 e. The Morgan fingerprint density at radius 1 is 1.57 bits per heavy atom. The molecule has 0 unspecified atom stereocenters. The van der Waals surface area contributed by atoms with Crippen molar-refractivity contribution in [1.29, 1.82) is 0 Å². The molecule has 0 aromatic carbocycles. The first-order valence-corrected chi connectivity index (χ1v) is 2.55. The van der Waals surface area contributed by atoms with Crippen molar-refractivity contribution in [2.24, 2.45) is 5.92 Å². The third-order valence-corrected chi connectivity index (χ3v) is 0.626. The maximum atomic E-state index is 8.23. The van der Waals surface area contributed by atoms with Crippen LogP contribution in [0.15, 0.2) is 12.2 Å². The molecule has 0 spiro atoms. The summed E-state index contributed by atoms with van der Waals surface area (Å²) in [6.07, 6.45) is 3.73. The van der Waals surface area contributed by atoms with E-state index in [0.717, 1.165) is 0 Å². The van der Waals surface area contributed by atoms with Crippen LogP contribution in [0.25, 0.3) is 0 Å². The number of rotatable bonds is 2. The van der Waals surface area contributed by atoms with Gasteiger partial charge < -0.3 is 0 Å². The molecule has 0 aliphatic carbocycles. The third-order valence-electron chi connectivity index (χ3n) is 0.626. The van der Waals surface area contributed by atoms with Crippen molar-refractivity contribution in [3.63, 3.8) is 0 Å². The average Bonchev–Trinajstić information content (AvgIpc) is 1.61. The molecule has 0 atom stereocenters. The summed E-state index contributed by atoms with van der Waals surface area (Å²) in [7, 11) is 0. The molecule has 1 nitrogen and oxygen atoms in total. The lowest BCUT2D eigenvalue weighted by Crippen LogP contribution is -1.80. The van der Waals surface area contributed by atoms with Gasteiger partial charge >= 0.3 is 0 Å². The summed E-state index contributed by atoms with van der Waals surface area (Å²) in [5.74, 6) is 0.562. The lowest BCUT2D eigenvalue weighted by atomic mass is 10.2. The van der Waals surface area contributed by atoms with Gasteiger partial charge in [0.15, 0.2) is 0 Å². The van der Waals surface area contributed by atoms with E-state index >= 15 is 0 Å². The third kappa shape index (κ3) is 5.70. The SMILES string of the molecule is CC(C)C=CC[N]. The standard InChI is InChI=1S/C6H11N/c1-6(2)4-3-5-7/h3-4,6H,5H2,1-2H3. The van der Waals surface area contributed by atoms with E-state index in [9.17, 15) is 0 Å². The quantitative estimate of drug-likeness (QED) is 0.463. The van der Waals surface area contributed by atoms with E-state index in [4.69, 9.17) is 5.73 Å². The zero-order valence-electron chi connectivity index (χ0n) is 4.89. The van der Waals surface area contributed by atoms with Crippen LogP contribution in [0.4, 0.5) is 0 Å². The van der Waals surface area contributed by atoms with Crippen molar-refractivity contribution < 1.29 is 0 Å². The summed E-state index contributed by atoms with van der Waals surface area (Å²) >= 11 is 0. The van der Waals surface area contributed by atoms with Gasteiger partial charge in [-0.3, -0.25) is 0 Å². The minimum Gasteiger partial charge on any atom is -0.140 e. The van der Waals surface area contributed by atoms with Gasteiger partial charge in [-0.1, -0.05) is 26.0 Å². The van der Waals surface area contributed by atoms with E-state index in [2.05, 4.69) is 13.8 Å². The highest BCUT2D eigenvalue weighted by Gasteiger charge is 1.79. The zero-order chi connectivity index (χ0) is 5.70. The predicted octanol–water partition coefficient (Wildman–Crippen LogP) is 1.27.